The average molecular weight is 384 g/mol. The molecule has 1 aliphatic rings. The Morgan fingerprint density at radius 1 is 1.04 bits per heavy atom. The van der Waals surface area contributed by atoms with Gasteiger partial charge in [0.15, 0.2) is 0 Å². The molecule has 2 aromatic carbocycles. The number of hydrogen-bond acceptors (Lipinski definition) is 3. The molecule has 27 heavy (non-hydrogen) atoms. The fourth-order valence-electron chi connectivity index (χ4n) is 3.38. The molecule has 0 radical (unpaired) electrons. The van der Waals surface area contributed by atoms with Crippen molar-refractivity contribution in [1.82, 2.24) is 4.57 Å². The number of rotatable bonds is 3. The van der Waals surface area contributed by atoms with Gasteiger partial charge in [-0.2, -0.15) is 8.42 Å². The number of nitrogens with one attached hydrogen (secondary N) is 1. The molecule has 0 bridgehead atoms. The highest BCUT2D eigenvalue weighted by molar-refractivity contribution is 7.94. The van der Waals surface area contributed by atoms with Gasteiger partial charge in [0.2, 0.25) is 5.91 Å². The van der Waals surface area contributed by atoms with E-state index in [9.17, 15) is 13.2 Å². The van der Waals surface area contributed by atoms with Crippen LogP contribution < -0.4 is 13.9 Å². The zero-order valence-corrected chi connectivity index (χ0v) is 16.1. The highest BCUT2D eigenvalue weighted by Gasteiger charge is 2.36. The number of fused-ring (bicyclic) bond motifs is 2. The maximum atomic E-state index is 12.6. The Hall–Kier alpha value is -3.00. The smallest absolute Gasteiger partial charge is 0.326 e. The van der Waals surface area contributed by atoms with Crippen molar-refractivity contribution in [3.63, 3.8) is 0 Å². The first-order valence-electron chi connectivity index (χ1n) is 8.50. The molecule has 2 heterocycles. The summed E-state index contributed by atoms with van der Waals surface area (Å²) < 4.78 is 28.9. The molecule has 1 N–H and O–H groups in total. The number of carbonyl (C=O) groups is 1. The van der Waals surface area contributed by atoms with E-state index in [4.69, 9.17) is 0 Å². The maximum Gasteiger partial charge on any atom is 0.326 e. The molecule has 0 spiro atoms. The topological polar surface area (TPSA) is 74.6 Å². The van der Waals surface area contributed by atoms with Crippen LogP contribution in [0.3, 0.4) is 0 Å². The van der Waals surface area contributed by atoms with E-state index >= 15 is 0 Å². The lowest BCUT2D eigenvalue weighted by atomic mass is 10.1. The summed E-state index contributed by atoms with van der Waals surface area (Å²) in [7, 11) is -0.515. The van der Waals surface area contributed by atoms with E-state index in [0.29, 0.717) is 17.1 Å². The van der Waals surface area contributed by atoms with E-state index in [1.54, 1.807) is 12.1 Å². The molecule has 4 rings (SSSR count). The van der Waals surface area contributed by atoms with Gasteiger partial charge in [0, 0.05) is 31.5 Å². The van der Waals surface area contributed by atoms with Gasteiger partial charge in [-0.05, 0) is 42.1 Å². The number of para-hydroxylation sites is 1. The minimum Gasteiger partial charge on any atom is -0.338 e. The summed E-state index contributed by atoms with van der Waals surface area (Å²) in [6.45, 7) is 2.03. The third-order valence-corrected chi connectivity index (χ3v) is 6.74. The number of amides is 1. The summed E-state index contributed by atoms with van der Waals surface area (Å²) >= 11 is 0. The first kappa shape index (κ1) is 17.4. The quantitative estimate of drug-likeness (QED) is 0.754. The average Bonchev–Trinajstić information content (AvgIpc) is 3.10. The molecule has 0 fully saturated rings. The molecule has 0 atom stereocenters. The Labute approximate surface area is 158 Å². The van der Waals surface area contributed by atoms with Crippen molar-refractivity contribution < 1.29 is 13.2 Å². The van der Waals surface area contributed by atoms with Crippen LogP contribution in [0.1, 0.15) is 5.56 Å². The predicted molar refractivity (Wildman–Crippen MR) is 107 cm³/mol. The molecule has 1 aliphatic heterocycles. The zero-order chi connectivity index (χ0) is 19.3. The first-order chi connectivity index (χ1) is 12.8. The van der Waals surface area contributed by atoms with Gasteiger partial charge in [-0.15, -0.1) is 0 Å². The Morgan fingerprint density at radius 2 is 1.70 bits per heavy atom. The van der Waals surface area contributed by atoms with Gasteiger partial charge in [-0.1, -0.05) is 18.2 Å². The number of carbonyl (C=O) groups excluding carboxylic acids is 1. The Kier molecular flexibility index (Phi) is 3.88. The van der Waals surface area contributed by atoms with Gasteiger partial charge in [-0.25, -0.2) is 0 Å². The summed E-state index contributed by atoms with van der Waals surface area (Å²) in [5.41, 5.74) is 3.55. The number of aromatic nitrogens is 1. The lowest BCUT2D eigenvalue weighted by molar-refractivity contribution is -0.116. The Morgan fingerprint density at radius 3 is 2.44 bits per heavy atom. The van der Waals surface area contributed by atoms with Gasteiger partial charge in [0.25, 0.3) is 0 Å². The molecule has 0 unspecified atom stereocenters. The van der Waals surface area contributed by atoms with Crippen molar-refractivity contribution in [3.05, 3.63) is 54.2 Å². The van der Waals surface area contributed by atoms with Crippen LogP contribution >= 0.6 is 0 Å². The van der Waals surface area contributed by atoms with Crippen LogP contribution in [0.4, 0.5) is 17.1 Å². The first-order valence-corrected chi connectivity index (χ1v) is 9.90. The van der Waals surface area contributed by atoms with E-state index in [-0.39, 0.29) is 12.5 Å². The normalized spacial score (nSPS) is 15.2. The minimum atomic E-state index is -3.54. The van der Waals surface area contributed by atoms with Crippen LogP contribution in [0.2, 0.25) is 0 Å². The number of benzene rings is 2. The summed E-state index contributed by atoms with van der Waals surface area (Å²) in [4.78, 5) is 12.6. The molecular weight excluding hydrogens is 364 g/mol. The summed E-state index contributed by atoms with van der Waals surface area (Å²) in [5.74, 6) is -0.170. The van der Waals surface area contributed by atoms with E-state index < -0.39 is 10.2 Å². The number of aryl methyl sites for hydroxylation is 1. The largest absolute Gasteiger partial charge is 0.338 e. The van der Waals surface area contributed by atoms with Gasteiger partial charge in [0.1, 0.15) is 6.54 Å². The lowest BCUT2D eigenvalue weighted by Crippen LogP contribution is -2.32. The SMILES string of the molecule is Cc1cc2c(cc1NC(=O)Cn1ccc3ccccc31)N(C)S(=O)(=O)N2C. The lowest BCUT2D eigenvalue weighted by Gasteiger charge is -2.13. The second kappa shape index (κ2) is 6.02. The molecule has 0 aliphatic carbocycles. The highest BCUT2D eigenvalue weighted by Crippen LogP contribution is 2.41. The standard InChI is InChI=1S/C19H20N4O3S/c1-13-10-17-18(22(3)27(25,26)21(17)2)11-15(13)20-19(24)12-23-9-8-14-6-4-5-7-16(14)23/h4-11H,12H2,1-3H3,(H,20,24). The van der Waals surface area contributed by atoms with Crippen LogP contribution in [0.5, 0.6) is 0 Å². The van der Waals surface area contributed by atoms with Crippen LogP contribution in [0.25, 0.3) is 10.9 Å². The van der Waals surface area contributed by atoms with Crippen molar-refractivity contribution >= 4 is 44.1 Å². The molecule has 0 saturated heterocycles. The van der Waals surface area contributed by atoms with Gasteiger partial charge < -0.3 is 9.88 Å². The Bertz CT molecular complexity index is 1170. The van der Waals surface area contributed by atoms with Crippen molar-refractivity contribution in [2.24, 2.45) is 0 Å². The molecule has 3 aromatic rings. The van der Waals surface area contributed by atoms with Crippen molar-refractivity contribution in [2.45, 2.75) is 13.5 Å². The summed E-state index contributed by atoms with van der Waals surface area (Å²) in [6.07, 6.45) is 1.88. The molecule has 0 saturated carbocycles. The van der Waals surface area contributed by atoms with E-state index in [1.165, 1.54) is 22.7 Å². The predicted octanol–water partition coefficient (Wildman–Crippen LogP) is 2.72. The monoisotopic (exact) mass is 384 g/mol. The van der Waals surface area contributed by atoms with Crippen LogP contribution in [0, 0.1) is 6.92 Å². The second-order valence-corrected chi connectivity index (χ2v) is 8.64. The molecule has 7 nitrogen and oxygen atoms in total. The fourth-order valence-corrected chi connectivity index (χ4v) is 4.53. The van der Waals surface area contributed by atoms with Crippen LogP contribution in [-0.4, -0.2) is 33.0 Å². The van der Waals surface area contributed by atoms with Crippen LogP contribution in [0.15, 0.2) is 48.7 Å². The number of anilines is 3. The second-order valence-electron chi connectivity index (χ2n) is 6.65. The zero-order valence-electron chi connectivity index (χ0n) is 15.3. The summed E-state index contributed by atoms with van der Waals surface area (Å²) in [6, 6.07) is 13.3. The molecule has 1 aromatic heterocycles. The molecule has 1 amide bonds. The number of hydrogen-bond donors (Lipinski definition) is 1. The molecule has 140 valence electrons. The van der Waals surface area contributed by atoms with Gasteiger partial charge in [-0.3, -0.25) is 13.4 Å². The third-order valence-electron chi connectivity index (χ3n) is 4.96. The van der Waals surface area contributed by atoms with Crippen molar-refractivity contribution in [2.75, 3.05) is 28.0 Å². The number of nitrogens with zero attached hydrogens (tertiary/aromatic N) is 3. The molecular formula is C19H20N4O3S. The van der Waals surface area contributed by atoms with Crippen LogP contribution in [-0.2, 0) is 21.5 Å². The Balaban J connectivity index is 1.60. The third kappa shape index (κ3) is 2.73. The van der Waals surface area contributed by atoms with E-state index in [0.717, 1.165) is 16.5 Å². The van der Waals surface area contributed by atoms with Gasteiger partial charge >= 0.3 is 10.2 Å². The van der Waals surface area contributed by atoms with Crippen molar-refractivity contribution in [1.29, 1.82) is 0 Å². The fraction of sp³-hybridized carbons (Fsp3) is 0.211. The molecule has 8 heteroatoms. The van der Waals surface area contributed by atoms with E-state index in [2.05, 4.69) is 5.32 Å². The highest BCUT2D eigenvalue weighted by atomic mass is 32.2. The van der Waals surface area contributed by atoms with Gasteiger partial charge in [0.05, 0.1) is 11.4 Å². The summed E-state index contributed by atoms with van der Waals surface area (Å²) in [5, 5.41) is 3.98. The minimum absolute atomic E-state index is 0.170. The van der Waals surface area contributed by atoms with E-state index in [1.807, 2.05) is 48.0 Å². The maximum absolute atomic E-state index is 12.6. The van der Waals surface area contributed by atoms with Crippen molar-refractivity contribution in [3.8, 4) is 0 Å².